The highest BCUT2D eigenvalue weighted by atomic mass is 16.2. The molecule has 1 aromatic rings. The van der Waals surface area contributed by atoms with Crippen molar-refractivity contribution in [2.75, 3.05) is 13.6 Å². The minimum atomic E-state index is -0.546. The molecule has 1 heterocycles. The fourth-order valence-electron chi connectivity index (χ4n) is 2.77. The molecular formula is C16H23N3O2. The van der Waals surface area contributed by atoms with Crippen LogP contribution in [0.1, 0.15) is 24.8 Å². The molecule has 5 heteroatoms. The number of carbonyl (C=O) groups excluding carboxylic acids is 2. The summed E-state index contributed by atoms with van der Waals surface area (Å²) in [4.78, 5) is 25.8. The first-order valence-corrected chi connectivity index (χ1v) is 7.45. The Morgan fingerprint density at radius 3 is 2.76 bits per heavy atom. The predicted molar refractivity (Wildman–Crippen MR) is 81.5 cm³/mol. The molecule has 2 atom stereocenters. The zero-order valence-electron chi connectivity index (χ0n) is 12.4. The van der Waals surface area contributed by atoms with Crippen molar-refractivity contribution in [2.24, 2.45) is 5.73 Å². The predicted octanol–water partition coefficient (Wildman–Crippen LogP) is 0.684. The van der Waals surface area contributed by atoms with Gasteiger partial charge in [-0.05, 0) is 31.2 Å². The number of likely N-dealkylation sites (tertiary alicyclic amines) is 1. The van der Waals surface area contributed by atoms with Gasteiger partial charge in [0, 0.05) is 13.6 Å². The number of carbonyl (C=O) groups is 2. The van der Waals surface area contributed by atoms with Gasteiger partial charge >= 0.3 is 0 Å². The van der Waals surface area contributed by atoms with Gasteiger partial charge in [-0.25, -0.2) is 0 Å². The molecule has 0 spiro atoms. The van der Waals surface area contributed by atoms with Crippen LogP contribution in [0.15, 0.2) is 30.3 Å². The van der Waals surface area contributed by atoms with Crippen molar-refractivity contribution in [2.45, 2.75) is 37.8 Å². The number of amides is 2. The second-order valence-corrected chi connectivity index (χ2v) is 5.43. The van der Waals surface area contributed by atoms with Gasteiger partial charge in [-0.2, -0.15) is 0 Å². The summed E-state index contributed by atoms with van der Waals surface area (Å²) in [5.41, 5.74) is 7.20. The molecule has 0 bridgehead atoms. The van der Waals surface area contributed by atoms with Crippen molar-refractivity contribution < 1.29 is 9.59 Å². The molecule has 114 valence electrons. The number of likely N-dealkylation sites (N-methyl/N-ethyl adjacent to an activating group) is 1. The van der Waals surface area contributed by atoms with Gasteiger partial charge in [0.15, 0.2) is 0 Å². The van der Waals surface area contributed by atoms with Crippen molar-refractivity contribution in [3.8, 4) is 0 Å². The van der Waals surface area contributed by atoms with Crippen LogP contribution in [0.4, 0.5) is 0 Å². The number of benzene rings is 1. The molecular weight excluding hydrogens is 266 g/mol. The zero-order valence-corrected chi connectivity index (χ0v) is 12.4. The molecule has 1 aliphatic rings. The number of nitrogens with two attached hydrogens (primary N) is 1. The van der Waals surface area contributed by atoms with Crippen LogP contribution in [0, 0.1) is 0 Å². The summed E-state index contributed by atoms with van der Waals surface area (Å²) >= 11 is 0. The van der Waals surface area contributed by atoms with Crippen LogP contribution in [-0.4, -0.2) is 42.4 Å². The number of hydrogen-bond acceptors (Lipinski definition) is 3. The number of aryl methyl sites for hydroxylation is 1. The van der Waals surface area contributed by atoms with E-state index >= 15 is 0 Å². The summed E-state index contributed by atoms with van der Waals surface area (Å²) < 4.78 is 0. The average molecular weight is 289 g/mol. The van der Waals surface area contributed by atoms with Gasteiger partial charge in [-0.3, -0.25) is 9.59 Å². The summed E-state index contributed by atoms with van der Waals surface area (Å²) in [6.45, 7) is 0.621. The molecule has 0 aliphatic carbocycles. The Balaban J connectivity index is 1.91. The summed E-state index contributed by atoms with van der Waals surface area (Å²) in [5, 5.41) is 2.61. The largest absolute Gasteiger partial charge is 0.357 e. The summed E-state index contributed by atoms with van der Waals surface area (Å²) in [5.74, 6) is -0.215. The van der Waals surface area contributed by atoms with E-state index < -0.39 is 6.04 Å². The lowest BCUT2D eigenvalue weighted by molar-refractivity contribution is -0.139. The maximum atomic E-state index is 12.4. The fraction of sp³-hybridized carbons (Fsp3) is 0.500. The third-order valence-electron chi connectivity index (χ3n) is 3.99. The van der Waals surface area contributed by atoms with E-state index in [2.05, 4.69) is 5.32 Å². The van der Waals surface area contributed by atoms with Gasteiger partial charge in [-0.15, -0.1) is 0 Å². The monoisotopic (exact) mass is 289 g/mol. The van der Waals surface area contributed by atoms with E-state index in [0.29, 0.717) is 13.0 Å². The molecule has 0 saturated carbocycles. The Morgan fingerprint density at radius 1 is 1.38 bits per heavy atom. The van der Waals surface area contributed by atoms with Crippen molar-refractivity contribution in [3.63, 3.8) is 0 Å². The fourth-order valence-corrected chi connectivity index (χ4v) is 2.77. The molecule has 0 radical (unpaired) electrons. The quantitative estimate of drug-likeness (QED) is 0.837. The first-order chi connectivity index (χ1) is 10.1. The molecule has 1 saturated heterocycles. The number of nitrogens with one attached hydrogen (secondary N) is 1. The molecule has 5 nitrogen and oxygen atoms in total. The van der Waals surface area contributed by atoms with Gasteiger partial charge in [-0.1, -0.05) is 30.3 Å². The highest BCUT2D eigenvalue weighted by Crippen LogP contribution is 2.19. The normalized spacial score (nSPS) is 19.3. The van der Waals surface area contributed by atoms with Gasteiger partial charge in [0.2, 0.25) is 11.8 Å². The SMILES string of the molecule is CNC(=O)C1CCCN1C(=O)[C@@H](N)CCc1ccccc1. The lowest BCUT2D eigenvalue weighted by Gasteiger charge is -2.26. The van der Waals surface area contributed by atoms with Crippen LogP contribution in [-0.2, 0) is 16.0 Å². The Bertz CT molecular complexity index is 490. The van der Waals surface area contributed by atoms with E-state index in [0.717, 1.165) is 19.3 Å². The van der Waals surface area contributed by atoms with Gasteiger partial charge in [0.1, 0.15) is 6.04 Å². The molecule has 1 aliphatic heterocycles. The summed E-state index contributed by atoms with van der Waals surface area (Å²) in [6, 6.07) is 9.07. The smallest absolute Gasteiger partial charge is 0.242 e. The van der Waals surface area contributed by atoms with E-state index in [1.54, 1.807) is 11.9 Å². The van der Waals surface area contributed by atoms with E-state index in [-0.39, 0.29) is 17.9 Å². The van der Waals surface area contributed by atoms with E-state index in [9.17, 15) is 9.59 Å². The zero-order chi connectivity index (χ0) is 15.2. The topological polar surface area (TPSA) is 75.4 Å². The van der Waals surface area contributed by atoms with Gasteiger partial charge in [0.25, 0.3) is 0 Å². The van der Waals surface area contributed by atoms with Crippen LogP contribution in [0.2, 0.25) is 0 Å². The van der Waals surface area contributed by atoms with Crippen LogP contribution < -0.4 is 11.1 Å². The van der Waals surface area contributed by atoms with Crippen LogP contribution in [0.25, 0.3) is 0 Å². The number of rotatable bonds is 5. The molecule has 1 aromatic carbocycles. The average Bonchev–Trinajstić information content (AvgIpc) is 3.01. The van der Waals surface area contributed by atoms with Gasteiger partial charge < -0.3 is 16.0 Å². The molecule has 0 aromatic heterocycles. The standard InChI is InChI=1S/C16H23N3O2/c1-18-15(20)14-8-5-11-19(14)16(21)13(17)10-9-12-6-3-2-4-7-12/h2-4,6-7,13-14H,5,8-11,17H2,1H3,(H,18,20)/t13-,14?/m0/s1. The third-order valence-corrected chi connectivity index (χ3v) is 3.99. The van der Waals surface area contributed by atoms with E-state index in [4.69, 9.17) is 5.73 Å². The second-order valence-electron chi connectivity index (χ2n) is 5.43. The molecule has 3 N–H and O–H groups in total. The second kappa shape index (κ2) is 7.22. The molecule has 1 unspecified atom stereocenters. The molecule has 2 amide bonds. The van der Waals surface area contributed by atoms with Crippen molar-refractivity contribution in [3.05, 3.63) is 35.9 Å². The number of nitrogens with zero attached hydrogens (tertiary/aromatic N) is 1. The summed E-state index contributed by atoms with van der Waals surface area (Å²) in [6.07, 6.45) is 2.94. The highest BCUT2D eigenvalue weighted by Gasteiger charge is 2.35. The first kappa shape index (κ1) is 15.5. The van der Waals surface area contributed by atoms with Crippen LogP contribution in [0.3, 0.4) is 0 Å². The molecule has 2 rings (SSSR count). The maximum absolute atomic E-state index is 12.4. The Labute approximate surface area is 125 Å². The van der Waals surface area contributed by atoms with E-state index in [1.165, 1.54) is 5.56 Å². The lowest BCUT2D eigenvalue weighted by atomic mass is 10.0. The maximum Gasteiger partial charge on any atom is 0.242 e. The van der Waals surface area contributed by atoms with Crippen LogP contribution >= 0.6 is 0 Å². The minimum absolute atomic E-state index is 0.101. The first-order valence-electron chi connectivity index (χ1n) is 7.45. The number of hydrogen-bond donors (Lipinski definition) is 2. The van der Waals surface area contributed by atoms with E-state index in [1.807, 2.05) is 30.3 Å². The third kappa shape index (κ3) is 3.82. The van der Waals surface area contributed by atoms with Crippen molar-refractivity contribution in [1.82, 2.24) is 10.2 Å². The molecule has 21 heavy (non-hydrogen) atoms. The Morgan fingerprint density at radius 2 is 2.10 bits per heavy atom. The lowest BCUT2D eigenvalue weighted by Crippen LogP contribution is -2.50. The minimum Gasteiger partial charge on any atom is -0.357 e. The molecule has 1 fully saturated rings. The summed E-state index contributed by atoms with van der Waals surface area (Å²) in [7, 11) is 1.60. The van der Waals surface area contributed by atoms with Crippen molar-refractivity contribution >= 4 is 11.8 Å². The van der Waals surface area contributed by atoms with Crippen LogP contribution in [0.5, 0.6) is 0 Å². The van der Waals surface area contributed by atoms with Crippen molar-refractivity contribution in [1.29, 1.82) is 0 Å². The Kier molecular flexibility index (Phi) is 5.33. The van der Waals surface area contributed by atoms with Gasteiger partial charge in [0.05, 0.1) is 6.04 Å². The highest BCUT2D eigenvalue weighted by molar-refractivity contribution is 5.90. The Hall–Kier alpha value is -1.88.